The topological polar surface area (TPSA) is 76.0 Å². The van der Waals surface area contributed by atoms with Gasteiger partial charge in [-0.2, -0.15) is 5.10 Å². The zero-order chi connectivity index (χ0) is 18.4. The summed E-state index contributed by atoms with van der Waals surface area (Å²) in [5, 5.41) is 7.31. The van der Waals surface area contributed by atoms with Crippen molar-refractivity contribution in [3.8, 4) is 0 Å². The second-order valence-corrected chi connectivity index (χ2v) is 7.61. The molecule has 4 rings (SSSR count). The number of fused-ring (bicyclic) bond motifs is 2. The van der Waals surface area contributed by atoms with E-state index >= 15 is 0 Å². The minimum atomic E-state index is -0.0650. The van der Waals surface area contributed by atoms with Gasteiger partial charge in [-0.1, -0.05) is 0 Å². The number of amides is 1. The van der Waals surface area contributed by atoms with E-state index in [1.165, 1.54) is 24.2 Å². The van der Waals surface area contributed by atoms with Crippen LogP contribution in [0.4, 0.5) is 0 Å². The summed E-state index contributed by atoms with van der Waals surface area (Å²) in [6, 6.07) is 0. The van der Waals surface area contributed by atoms with E-state index in [-0.39, 0.29) is 18.1 Å². The number of aromatic nitrogens is 4. The predicted molar refractivity (Wildman–Crippen MR) is 96.9 cm³/mol. The highest BCUT2D eigenvalue weighted by Gasteiger charge is 2.31. The number of aromatic amines is 1. The van der Waals surface area contributed by atoms with Crippen molar-refractivity contribution in [2.75, 3.05) is 7.05 Å². The molecule has 0 bridgehead atoms. The number of ether oxygens (including phenoxy) is 1. The molecule has 26 heavy (non-hydrogen) atoms. The van der Waals surface area contributed by atoms with Crippen molar-refractivity contribution in [3.05, 3.63) is 34.2 Å². The Balaban J connectivity index is 1.55. The van der Waals surface area contributed by atoms with E-state index in [4.69, 9.17) is 9.72 Å². The molecule has 0 unspecified atom stereocenters. The Morgan fingerprint density at radius 2 is 2.12 bits per heavy atom. The van der Waals surface area contributed by atoms with Crippen molar-refractivity contribution in [1.82, 2.24) is 24.6 Å². The monoisotopic (exact) mass is 357 g/mol. The number of hydrogen-bond donors (Lipinski definition) is 1. The molecule has 7 heteroatoms. The lowest BCUT2D eigenvalue weighted by Gasteiger charge is -2.25. The number of hydrogen-bond acceptors (Lipinski definition) is 4. The zero-order valence-corrected chi connectivity index (χ0v) is 16.0. The van der Waals surface area contributed by atoms with Gasteiger partial charge in [-0.25, -0.2) is 4.98 Å². The average Bonchev–Trinajstić information content (AvgIpc) is 3.16. The minimum Gasteiger partial charge on any atom is -0.369 e. The molecule has 1 N–H and O–H groups in total. The van der Waals surface area contributed by atoms with Crippen molar-refractivity contribution < 1.29 is 9.53 Å². The Morgan fingerprint density at radius 1 is 1.35 bits per heavy atom. The molecule has 140 valence electrons. The maximum atomic E-state index is 13.0. The molecule has 2 aliphatic rings. The standard InChI is InChI=1S/C19H27N5O2/c1-11-9-13-17(12(2)26-11)21-22-18(13)19(25)23(3)10-16-20-14-7-5-6-8-15(14)24(16)4/h11-12H,5-10H2,1-4H3,(H,21,22)/t11-,12+/m1/s1. The third-order valence-corrected chi connectivity index (χ3v) is 5.63. The molecular formula is C19H27N5O2. The number of imidazole rings is 1. The van der Waals surface area contributed by atoms with Crippen molar-refractivity contribution in [2.45, 2.75) is 64.7 Å². The van der Waals surface area contributed by atoms with E-state index in [1.807, 2.05) is 20.9 Å². The molecular weight excluding hydrogens is 330 g/mol. The molecule has 0 radical (unpaired) electrons. The van der Waals surface area contributed by atoms with Crippen LogP contribution in [0.1, 0.15) is 71.8 Å². The summed E-state index contributed by atoms with van der Waals surface area (Å²) < 4.78 is 7.98. The lowest BCUT2D eigenvalue weighted by Crippen LogP contribution is -2.30. The van der Waals surface area contributed by atoms with Gasteiger partial charge in [-0.15, -0.1) is 0 Å². The van der Waals surface area contributed by atoms with E-state index in [0.717, 1.165) is 29.9 Å². The SMILES string of the molecule is C[C@@H]1Cc2c(C(=O)N(C)Cc3nc4c(n3C)CCCC4)n[nH]c2[C@H](C)O1. The molecule has 3 heterocycles. The van der Waals surface area contributed by atoms with Gasteiger partial charge in [-0.05, 0) is 39.5 Å². The fourth-order valence-electron chi connectivity index (χ4n) is 4.20. The zero-order valence-electron chi connectivity index (χ0n) is 16.0. The normalized spacial score (nSPS) is 22.0. The molecule has 1 aliphatic carbocycles. The molecule has 1 amide bonds. The highest BCUT2D eigenvalue weighted by atomic mass is 16.5. The molecule has 0 saturated carbocycles. The van der Waals surface area contributed by atoms with Gasteiger partial charge in [0, 0.05) is 31.8 Å². The van der Waals surface area contributed by atoms with E-state index in [0.29, 0.717) is 18.7 Å². The van der Waals surface area contributed by atoms with E-state index in [9.17, 15) is 4.79 Å². The highest BCUT2D eigenvalue weighted by molar-refractivity contribution is 5.93. The molecule has 2 aromatic rings. The summed E-state index contributed by atoms with van der Waals surface area (Å²) in [5.74, 6) is 0.881. The molecule has 7 nitrogen and oxygen atoms in total. The minimum absolute atomic E-state index is 0.0608. The fourth-order valence-corrected chi connectivity index (χ4v) is 4.20. The molecule has 1 aliphatic heterocycles. The number of carbonyl (C=O) groups excluding carboxylic acids is 1. The van der Waals surface area contributed by atoms with Crippen LogP contribution >= 0.6 is 0 Å². The second kappa shape index (κ2) is 6.54. The fraction of sp³-hybridized carbons (Fsp3) is 0.632. The van der Waals surface area contributed by atoms with Gasteiger partial charge in [0.15, 0.2) is 5.69 Å². The van der Waals surface area contributed by atoms with Crippen molar-refractivity contribution in [1.29, 1.82) is 0 Å². The molecule has 0 aromatic carbocycles. The Hall–Kier alpha value is -2.15. The first-order valence-electron chi connectivity index (χ1n) is 9.47. The lowest BCUT2D eigenvalue weighted by atomic mass is 9.99. The van der Waals surface area contributed by atoms with Crippen LogP contribution in [-0.4, -0.2) is 43.7 Å². The summed E-state index contributed by atoms with van der Waals surface area (Å²) in [7, 11) is 3.88. The Morgan fingerprint density at radius 3 is 2.88 bits per heavy atom. The van der Waals surface area contributed by atoms with Gasteiger partial charge in [0.25, 0.3) is 5.91 Å². The number of aryl methyl sites for hydroxylation is 1. The summed E-state index contributed by atoms with van der Waals surface area (Å²) in [6.45, 7) is 4.51. The van der Waals surface area contributed by atoms with Crippen molar-refractivity contribution in [2.24, 2.45) is 7.05 Å². The van der Waals surface area contributed by atoms with E-state index < -0.39 is 0 Å². The first kappa shape index (κ1) is 17.3. The Kier molecular flexibility index (Phi) is 4.34. The van der Waals surface area contributed by atoms with Crippen LogP contribution in [0.15, 0.2) is 0 Å². The summed E-state index contributed by atoms with van der Waals surface area (Å²) in [6.07, 6.45) is 5.29. The number of rotatable bonds is 3. The molecule has 2 atom stereocenters. The van der Waals surface area contributed by atoms with Crippen molar-refractivity contribution in [3.63, 3.8) is 0 Å². The third-order valence-electron chi connectivity index (χ3n) is 5.63. The van der Waals surface area contributed by atoms with Crippen LogP contribution in [0, 0.1) is 0 Å². The van der Waals surface area contributed by atoms with Crippen LogP contribution < -0.4 is 0 Å². The third kappa shape index (κ3) is 2.84. The Bertz CT molecular complexity index is 837. The summed E-state index contributed by atoms with van der Waals surface area (Å²) in [4.78, 5) is 19.5. The number of nitrogens with zero attached hydrogens (tertiary/aromatic N) is 4. The summed E-state index contributed by atoms with van der Waals surface area (Å²) >= 11 is 0. The largest absolute Gasteiger partial charge is 0.369 e. The average molecular weight is 357 g/mol. The number of carbonyl (C=O) groups is 1. The summed E-state index contributed by atoms with van der Waals surface area (Å²) in [5.41, 5.74) is 4.96. The number of H-pyrrole nitrogens is 1. The van der Waals surface area contributed by atoms with Gasteiger partial charge in [0.1, 0.15) is 5.82 Å². The molecule has 0 saturated heterocycles. The maximum Gasteiger partial charge on any atom is 0.274 e. The van der Waals surface area contributed by atoms with Crippen LogP contribution in [0.25, 0.3) is 0 Å². The van der Waals surface area contributed by atoms with Crippen LogP contribution in [0.5, 0.6) is 0 Å². The van der Waals surface area contributed by atoms with E-state index in [2.05, 4.69) is 21.8 Å². The first-order valence-corrected chi connectivity index (χ1v) is 9.47. The quantitative estimate of drug-likeness (QED) is 0.915. The van der Waals surface area contributed by atoms with E-state index in [1.54, 1.807) is 4.90 Å². The molecule has 0 spiro atoms. The highest BCUT2D eigenvalue weighted by Crippen LogP contribution is 2.30. The van der Waals surface area contributed by atoms with Crippen LogP contribution in [0.3, 0.4) is 0 Å². The Labute approximate surface area is 153 Å². The smallest absolute Gasteiger partial charge is 0.274 e. The lowest BCUT2D eigenvalue weighted by molar-refractivity contribution is -0.00701. The first-order chi connectivity index (χ1) is 12.5. The van der Waals surface area contributed by atoms with Gasteiger partial charge in [-0.3, -0.25) is 9.89 Å². The van der Waals surface area contributed by atoms with Gasteiger partial charge in [0.2, 0.25) is 0 Å². The molecule has 2 aromatic heterocycles. The van der Waals surface area contributed by atoms with Crippen LogP contribution in [0.2, 0.25) is 0 Å². The second-order valence-electron chi connectivity index (χ2n) is 7.61. The molecule has 0 fully saturated rings. The van der Waals surface area contributed by atoms with Gasteiger partial charge < -0.3 is 14.2 Å². The van der Waals surface area contributed by atoms with Gasteiger partial charge in [0.05, 0.1) is 30.1 Å². The van der Waals surface area contributed by atoms with Gasteiger partial charge >= 0.3 is 0 Å². The van der Waals surface area contributed by atoms with Crippen LogP contribution in [-0.2, 0) is 37.6 Å². The van der Waals surface area contributed by atoms with Crippen molar-refractivity contribution >= 4 is 5.91 Å². The predicted octanol–water partition coefficient (Wildman–Crippen LogP) is 2.32. The maximum absolute atomic E-state index is 13.0. The number of nitrogens with one attached hydrogen (secondary N) is 1.